The highest BCUT2D eigenvalue weighted by Gasteiger charge is 2.12. The zero-order valence-corrected chi connectivity index (χ0v) is 13.7. The van der Waals surface area contributed by atoms with Gasteiger partial charge in [0.1, 0.15) is 5.15 Å². The molecule has 0 bridgehead atoms. The smallest absolute Gasteiger partial charge is 0.256 e. The van der Waals surface area contributed by atoms with E-state index in [0.29, 0.717) is 16.2 Å². The van der Waals surface area contributed by atoms with Gasteiger partial charge < -0.3 is 5.32 Å². The number of pyridine rings is 1. The SMILES string of the molecule is O=C(Nc1ccc(I)cc1)c1cc(Cl)nc2ccccc12. The predicted octanol–water partition coefficient (Wildman–Crippen LogP) is 4.75. The maximum Gasteiger partial charge on any atom is 0.256 e. The van der Waals surface area contributed by atoms with E-state index >= 15 is 0 Å². The first-order valence-corrected chi connectivity index (χ1v) is 7.71. The molecular formula is C16H10ClIN2O. The second-order valence-corrected chi connectivity index (χ2v) is 6.10. The van der Waals surface area contributed by atoms with Gasteiger partial charge in [0.25, 0.3) is 5.91 Å². The standard InChI is InChI=1S/C16H10ClIN2O/c17-15-9-13(12-3-1-2-4-14(12)20-15)16(21)19-11-7-5-10(18)6-8-11/h1-9H,(H,19,21). The van der Waals surface area contributed by atoms with Gasteiger partial charge in [0.05, 0.1) is 11.1 Å². The first kappa shape index (κ1) is 14.3. The number of nitrogens with zero attached hydrogens (tertiary/aromatic N) is 1. The average Bonchev–Trinajstić information content (AvgIpc) is 2.48. The number of fused-ring (bicyclic) bond motifs is 1. The van der Waals surface area contributed by atoms with Gasteiger partial charge in [-0.15, -0.1) is 0 Å². The number of hydrogen-bond acceptors (Lipinski definition) is 2. The molecule has 3 rings (SSSR count). The molecule has 104 valence electrons. The summed E-state index contributed by atoms with van der Waals surface area (Å²) in [6.45, 7) is 0. The molecule has 0 spiro atoms. The van der Waals surface area contributed by atoms with Crippen LogP contribution in [0.1, 0.15) is 10.4 Å². The van der Waals surface area contributed by atoms with Crippen molar-refractivity contribution in [3.8, 4) is 0 Å². The van der Waals surface area contributed by atoms with Gasteiger partial charge in [0.2, 0.25) is 0 Å². The molecule has 0 atom stereocenters. The van der Waals surface area contributed by atoms with Gasteiger partial charge in [-0.2, -0.15) is 0 Å². The van der Waals surface area contributed by atoms with Crippen LogP contribution in [0.4, 0.5) is 5.69 Å². The summed E-state index contributed by atoms with van der Waals surface area (Å²) in [5.74, 6) is -0.197. The number of carbonyl (C=O) groups is 1. The van der Waals surface area contributed by atoms with Gasteiger partial charge in [-0.25, -0.2) is 4.98 Å². The highest BCUT2D eigenvalue weighted by Crippen LogP contribution is 2.22. The second-order valence-electron chi connectivity index (χ2n) is 4.47. The lowest BCUT2D eigenvalue weighted by atomic mass is 10.1. The zero-order valence-electron chi connectivity index (χ0n) is 10.8. The molecule has 0 unspecified atom stereocenters. The van der Waals surface area contributed by atoms with Crippen LogP contribution in [0, 0.1) is 3.57 Å². The largest absolute Gasteiger partial charge is 0.322 e. The molecular weight excluding hydrogens is 399 g/mol. The summed E-state index contributed by atoms with van der Waals surface area (Å²) in [5, 5.41) is 3.97. The van der Waals surface area contributed by atoms with E-state index in [1.807, 2.05) is 48.5 Å². The lowest BCUT2D eigenvalue weighted by Gasteiger charge is -2.08. The summed E-state index contributed by atoms with van der Waals surface area (Å²) in [6, 6.07) is 16.6. The molecule has 3 aromatic rings. The molecule has 1 amide bonds. The van der Waals surface area contributed by atoms with Gasteiger partial charge in [-0.05, 0) is 59.0 Å². The highest BCUT2D eigenvalue weighted by molar-refractivity contribution is 14.1. The molecule has 0 aliphatic heterocycles. The first-order valence-electron chi connectivity index (χ1n) is 6.26. The highest BCUT2D eigenvalue weighted by atomic mass is 127. The number of para-hydroxylation sites is 1. The summed E-state index contributed by atoms with van der Waals surface area (Å²) >= 11 is 8.22. The number of nitrogens with one attached hydrogen (secondary N) is 1. The Morgan fingerprint density at radius 2 is 1.81 bits per heavy atom. The van der Waals surface area contributed by atoms with Gasteiger partial charge in [0, 0.05) is 14.6 Å². The third-order valence-electron chi connectivity index (χ3n) is 3.03. The van der Waals surface area contributed by atoms with Crippen LogP contribution in [0.25, 0.3) is 10.9 Å². The van der Waals surface area contributed by atoms with Crippen molar-refractivity contribution in [2.24, 2.45) is 0 Å². The number of amides is 1. The fraction of sp³-hybridized carbons (Fsp3) is 0. The Kier molecular flexibility index (Phi) is 4.07. The van der Waals surface area contributed by atoms with Gasteiger partial charge in [-0.1, -0.05) is 29.8 Å². The Balaban J connectivity index is 1.99. The summed E-state index contributed by atoms with van der Waals surface area (Å²) < 4.78 is 1.11. The average molecular weight is 409 g/mol. The number of benzene rings is 2. The van der Waals surface area contributed by atoms with Crippen molar-refractivity contribution in [2.45, 2.75) is 0 Å². The number of rotatable bonds is 2. The number of anilines is 1. The number of hydrogen-bond donors (Lipinski definition) is 1. The molecule has 1 N–H and O–H groups in total. The summed E-state index contributed by atoms with van der Waals surface area (Å²) in [6.07, 6.45) is 0. The Morgan fingerprint density at radius 1 is 1.10 bits per heavy atom. The van der Waals surface area contributed by atoms with E-state index in [1.54, 1.807) is 6.07 Å². The third kappa shape index (κ3) is 3.16. The van der Waals surface area contributed by atoms with Gasteiger partial charge >= 0.3 is 0 Å². The van der Waals surface area contributed by atoms with Crippen molar-refractivity contribution in [2.75, 3.05) is 5.32 Å². The van der Waals surface area contributed by atoms with E-state index in [4.69, 9.17) is 11.6 Å². The van der Waals surface area contributed by atoms with Crippen LogP contribution in [-0.4, -0.2) is 10.9 Å². The minimum absolute atomic E-state index is 0.197. The Bertz CT molecular complexity index is 818. The van der Waals surface area contributed by atoms with E-state index in [1.165, 1.54) is 0 Å². The van der Waals surface area contributed by atoms with E-state index in [2.05, 4.69) is 32.9 Å². The molecule has 0 saturated heterocycles. The predicted molar refractivity (Wildman–Crippen MR) is 93.9 cm³/mol. The quantitative estimate of drug-likeness (QED) is 0.491. The monoisotopic (exact) mass is 408 g/mol. The van der Waals surface area contributed by atoms with E-state index in [0.717, 1.165) is 14.6 Å². The minimum Gasteiger partial charge on any atom is -0.322 e. The van der Waals surface area contributed by atoms with Gasteiger partial charge in [-0.3, -0.25) is 4.79 Å². The van der Waals surface area contributed by atoms with Crippen molar-refractivity contribution in [3.63, 3.8) is 0 Å². The molecule has 2 aromatic carbocycles. The minimum atomic E-state index is -0.197. The maximum absolute atomic E-state index is 12.5. The fourth-order valence-electron chi connectivity index (χ4n) is 2.06. The van der Waals surface area contributed by atoms with Crippen molar-refractivity contribution in [1.29, 1.82) is 0 Å². The molecule has 1 aromatic heterocycles. The fourth-order valence-corrected chi connectivity index (χ4v) is 2.62. The van der Waals surface area contributed by atoms with Crippen molar-refractivity contribution in [1.82, 2.24) is 4.98 Å². The topological polar surface area (TPSA) is 42.0 Å². The van der Waals surface area contributed by atoms with Crippen LogP contribution in [0.2, 0.25) is 5.15 Å². The number of halogens is 2. The third-order valence-corrected chi connectivity index (χ3v) is 3.94. The van der Waals surface area contributed by atoms with Crippen molar-refractivity contribution < 1.29 is 4.79 Å². The molecule has 0 radical (unpaired) electrons. The lowest BCUT2D eigenvalue weighted by Crippen LogP contribution is -2.12. The van der Waals surface area contributed by atoms with Crippen LogP contribution in [-0.2, 0) is 0 Å². The molecule has 3 nitrogen and oxygen atoms in total. The first-order chi connectivity index (χ1) is 10.1. The van der Waals surface area contributed by atoms with E-state index in [-0.39, 0.29) is 5.91 Å². The normalized spacial score (nSPS) is 10.6. The second kappa shape index (κ2) is 5.99. The van der Waals surface area contributed by atoms with Gasteiger partial charge in [0.15, 0.2) is 0 Å². The van der Waals surface area contributed by atoms with E-state index < -0.39 is 0 Å². The molecule has 0 aliphatic rings. The van der Waals surface area contributed by atoms with Crippen molar-refractivity contribution in [3.05, 3.63) is 68.9 Å². The van der Waals surface area contributed by atoms with Crippen LogP contribution >= 0.6 is 34.2 Å². The van der Waals surface area contributed by atoms with Crippen LogP contribution in [0.5, 0.6) is 0 Å². The van der Waals surface area contributed by atoms with Crippen molar-refractivity contribution >= 4 is 56.7 Å². The number of carbonyl (C=O) groups excluding carboxylic acids is 1. The zero-order chi connectivity index (χ0) is 14.8. The van der Waals surface area contributed by atoms with Crippen LogP contribution in [0.15, 0.2) is 54.6 Å². The lowest BCUT2D eigenvalue weighted by molar-refractivity contribution is 0.102. The molecule has 0 saturated carbocycles. The Labute approximate surface area is 140 Å². The molecule has 0 fully saturated rings. The Morgan fingerprint density at radius 3 is 2.57 bits per heavy atom. The summed E-state index contributed by atoms with van der Waals surface area (Å²) in [7, 11) is 0. The number of aromatic nitrogens is 1. The molecule has 0 aliphatic carbocycles. The maximum atomic E-state index is 12.5. The Hall–Kier alpha value is -1.66. The molecule has 5 heteroatoms. The molecule has 21 heavy (non-hydrogen) atoms. The summed E-state index contributed by atoms with van der Waals surface area (Å²) in [5.41, 5.74) is 1.97. The van der Waals surface area contributed by atoms with Crippen LogP contribution < -0.4 is 5.32 Å². The van der Waals surface area contributed by atoms with Crippen LogP contribution in [0.3, 0.4) is 0 Å². The molecule has 1 heterocycles. The summed E-state index contributed by atoms with van der Waals surface area (Å²) in [4.78, 5) is 16.7. The van der Waals surface area contributed by atoms with E-state index in [9.17, 15) is 4.79 Å².